The van der Waals surface area contributed by atoms with Crippen LogP contribution in [0, 0.1) is 6.92 Å². The normalized spacial score (nSPS) is 10.2. The van der Waals surface area contributed by atoms with Crippen LogP contribution in [0.4, 0.5) is 0 Å². The van der Waals surface area contributed by atoms with Crippen LogP contribution in [0.1, 0.15) is 17.0 Å². The number of nitrogens with zero attached hydrogens (tertiary/aromatic N) is 1. The molecule has 0 unspecified atom stereocenters. The van der Waals surface area contributed by atoms with Gasteiger partial charge in [0.15, 0.2) is 0 Å². The van der Waals surface area contributed by atoms with E-state index in [1.807, 2.05) is 6.07 Å². The van der Waals surface area contributed by atoms with Crippen molar-refractivity contribution in [3.05, 3.63) is 62.2 Å². The van der Waals surface area contributed by atoms with Crippen LogP contribution in [-0.4, -0.2) is 20.9 Å². The Bertz CT molecular complexity index is 718. The number of nitrogens with one attached hydrogen (secondary N) is 3. The van der Waals surface area contributed by atoms with E-state index < -0.39 is 11.2 Å². The van der Waals surface area contributed by atoms with Crippen molar-refractivity contribution in [2.75, 3.05) is 0 Å². The van der Waals surface area contributed by atoms with Crippen molar-refractivity contribution in [1.29, 1.82) is 0 Å². The lowest BCUT2D eigenvalue weighted by atomic mass is 10.1. The molecule has 0 bridgehead atoms. The zero-order valence-electron chi connectivity index (χ0n) is 10.9. The van der Waals surface area contributed by atoms with Gasteiger partial charge in [-0.15, -0.1) is 0 Å². The van der Waals surface area contributed by atoms with Crippen LogP contribution in [0.25, 0.3) is 0 Å². The van der Waals surface area contributed by atoms with E-state index in [1.165, 1.54) is 0 Å². The molecular weight excluding hydrogens is 260 g/mol. The summed E-state index contributed by atoms with van der Waals surface area (Å²) in [6.45, 7) is 1.87. The van der Waals surface area contributed by atoms with Gasteiger partial charge in [-0.25, -0.2) is 4.79 Å². The monoisotopic (exact) mass is 274 g/mol. The fourth-order valence-electron chi connectivity index (χ4n) is 1.75. The molecule has 104 valence electrons. The number of rotatable bonds is 4. The minimum Gasteiger partial charge on any atom is -0.350 e. The third kappa shape index (κ3) is 3.41. The van der Waals surface area contributed by atoms with Crippen LogP contribution in [0.15, 0.2) is 34.0 Å². The number of aromatic nitrogens is 3. The molecule has 2 aromatic rings. The molecule has 7 nitrogen and oxygen atoms in total. The molecule has 2 rings (SSSR count). The van der Waals surface area contributed by atoms with Gasteiger partial charge in [0.05, 0.1) is 18.7 Å². The van der Waals surface area contributed by atoms with Crippen molar-refractivity contribution < 1.29 is 4.79 Å². The summed E-state index contributed by atoms with van der Waals surface area (Å²) in [5, 5.41) is 2.67. The summed E-state index contributed by atoms with van der Waals surface area (Å²) in [6.07, 6.45) is 1.54. The third-order valence-corrected chi connectivity index (χ3v) is 2.79. The largest absolute Gasteiger partial charge is 0.350 e. The van der Waals surface area contributed by atoms with Gasteiger partial charge in [0.2, 0.25) is 5.91 Å². The Morgan fingerprint density at radius 1 is 1.30 bits per heavy atom. The maximum absolute atomic E-state index is 11.8. The quantitative estimate of drug-likeness (QED) is 0.706. The molecule has 0 aliphatic carbocycles. The smallest absolute Gasteiger partial charge is 0.325 e. The number of pyridine rings is 1. The standard InChI is InChI=1S/C13H14N4O3/c1-8-10(12(19)17-13(20)16-8)6-11(18)15-7-9-4-2-3-5-14-9/h2-5H,6-7H2,1H3,(H,15,18)(H2,16,17,19,20). The van der Waals surface area contributed by atoms with E-state index in [0.717, 1.165) is 5.69 Å². The molecule has 0 radical (unpaired) electrons. The Morgan fingerprint density at radius 2 is 2.10 bits per heavy atom. The Labute approximate surface area is 114 Å². The van der Waals surface area contributed by atoms with E-state index in [9.17, 15) is 14.4 Å². The van der Waals surface area contributed by atoms with Gasteiger partial charge in [-0.1, -0.05) is 6.07 Å². The molecule has 2 aromatic heterocycles. The summed E-state index contributed by atoms with van der Waals surface area (Å²) in [6, 6.07) is 5.40. The predicted octanol–water partition coefficient (Wildman–Crippen LogP) is -0.374. The van der Waals surface area contributed by atoms with Crippen molar-refractivity contribution in [3.8, 4) is 0 Å². The first-order valence-corrected chi connectivity index (χ1v) is 6.05. The van der Waals surface area contributed by atoms with Crippen LogP contribution >= 0.6 is 0 Å². The summed E-state index contributed by atoms with van der Waals surface area (Å²) < 4.78 is 0. The van der Waals surface area contributed by atoms with E-state index >= 15 is 0 Å². The minimum absolute atomic E-state index is 0.0925. The zero-order valence-corrected chi connectivity index (χ0v) is 10.9. The van der Waals surface area contributed by atoms with Gasteiger partial charge in [0, 0.05) is 17.5 Å². The fourth-order valence-corrected chi connectivity index (χ4v) is 1.75. The third-order valence-electron chi connectivity index (χ3n) is 2.79. The van der Waals surface area contributed by atoms with Crippen molar-refractivity contribution in [2.24, 2.45) is 0 Å². The minimum atomic E-state index is -0.579. The molecule has 0 aliphatic heterocycles. The molecular formula is C13H14N4O3. The highest BCUT2D eigenvalue weighted by Gasteiger charge is 2.11. The molecule has 1 amide bonds. The van der Waals surface area contributed by atoms with Crippen LogP contribution < -0.4 is 16.6 Å². The van der Waals surface area contributed by atoms with Crippen molar-refractivity contribution in [3.63, 3.8) is 0 Å². The zero-order chi connectivity index (χ0) is 14.5. The number of hydrogen-bond donors (Lipinski definition) is 3. The van der Waals surface area contributed by atoms with Gasteiger partial charge in [-0.05, 0) is 19.1 Å². The molecule has 2 heterocycles. The summed E-state index contributed by atoms with van der Waals surface area (Å²) in [7, 11) is 0. The van der Waals surface area contributed by atoms with Gasteiger partial charge in [0.25, 0.3) is 5.56 Å². The molecule has 0 spiro atoms. The maximum Gasteiger partial charge on any atom is 0.325 e. The van der Waals surface area contributed by atoms with Crippen molar-refractivity contribution in [2.45, 2.75) is 19.9 Å². The van der Waals surface area contributed by atoms with Crippen molar-refractivity contribution >= 4 is 5.91 Å². The average Bonchev–Trinajstić information content (AvgIpc) is 2.42. The first-order chi connectivity index (χ1) is 9.56. The molecule has 0 aliphatic rings. The van der Waals surface area contributed by atoms with Gasteiger partial charge in [0.1, 0.15) is 0 Å². The number of H-pyrrole nitrogens is 2. The number of carbonyl (C=O) groups is 1. The molecule has 7 heteroatoms. The number of aryl methyl sites for hydroxylation is 1. The highest BCUT2D eigenvalue weighted by Crippen LogP contribution is 1.97. The summed E-state index contributed by atoms with van der Waals surface area (Å²) in [4.78, 5) is 43.1. The lowest BCUT2D eigenvalue weighted by Crippen LogP contribution is -2.32. The van der Waals surface area contributed by atoms with Gasteiger partial charge in [-0.3, -0.25) is 19.6 Å². The maximum atomic E-state index is 11.8. The number of carbonyl (C=O) groups excluding carboxylic acids is 1. The molecule has 0 saturated carbocycles. The second-order valence-electron chi connectivity index (χ2n) is 4.29. The molecule has 3 N–H and O–H groups in total. The Morgan fingerprint density at radius 3 is 2.75 bits per heavy atom. The highest BCUT2D eigenvalue weighted by molar-refractivity contribution is 5.78. The van der Waals surface area contributed by atoms with E-state index in [-0.39, 0.29) is 17.9 Å². The molecule has 0 saturated heterocycles. The van der Waals surface area contributed by atoms with Gasteiger partial charge in [-0.2, -0.15) is 0 Å². The second-order valence-corrected chi connectivity index (χ2v) is 4.29. The number of aromatic amines is 2. The van der Waals surface area contributed by atoms with E-state index in [1.54, 1.807) is 25.3 Å². The summed E-state index contributed by atoms with van der Waals surface area (Å²) >= 11 is 0. The van der Waals surface area contributed by atoms with Crippen LogP contribution in [0.2, 0.25) is 0 Å². The van der Waals surface area contributed by atoms with E-state index in [4.69, 9.17) is 0 Å². The number of hydrogen-bond acceptors (Lipinski definition) is 4. The van der Waals surface area contributed by atoms with Gasteiger partial charge >= 0.3 is 5.69 Å². The second kappa shape index (κ2) is 5.96. The highest BCUT2D eigenvalue weighted by atomic mass is 16.2. The molecule has 0 atom stereocenters. The topological polar surface area (TPSA) is 108 Å². The summed E-state index contributed by atoms with van der Waals surface area (Å²) in [5.74, 6) is -0.309. The van der Waals surface area contributed by atoms with Gasteiger partial charge < -0.3 is 10.3 Å². The van der Waals surface area contributed by atoms with Crippen LogP contribution in [0.5, 0.6) is 0 Å². The average molecular weight is 274 g/mol. The van der Waals surface area contributed by atoms with Crippen molar-refractivity contribution in [1.82, 2.24) is 20.3 Å². The first-order valence-electron chi connectivity index (χ1n) is 6.05. The van der Waals surface area contributed by atoms with E-state index in [2.05, 4.69) is 20.3 Å². The molecule has 0 aromatic carbocycles. The fraction of sp³-hybridized carbons (Fsp3) is 0.231. The molecule has 20 heavy (non-hydrogen) atoms. The lowest BCUT2D eigenvalue weighted by molar-refractivity contribution is -0.120. The number of amides is 1. The van der Waals surface area contributed by atoms with E-state index in [0.29, 0.717) is 12.2 Å². The molecule has 0 fully saturated rings. The Hall–Kier alpha value is -2.70. The van der Waals surface area contributed by atoms with Crippen LogP contribution in [-0.2, 0) is 17.8 Å². The summed E-state index contributed by atoms with van der Waals surface area (Å²) in [5.41, 5.74) is 0.257. The predicted molar refractivity (Wildman–Crippen MR) is 72.2 cm³/mol. The van der Waals surface area contributed by atoms with Crippen LogP contribution in [0.3, 0.4) is 0 Å². The Kier molecular flexibility index (Phi) is 4.09. The Balaban J connectivity index is 2.02. The lowest BCUT2D eigenvalue weighted by Gasteiger charge is -2.06. The SMILES string of the molecule is Cc1[nH]c(=O)[nH]c(=O)c1CC(=O)NCc1ccccn1. The first kappa shape index (κ1) is 13.7.